The molecule has 1 aliphatic carbocycles. The Kier molecular flexibility index (Phi) is 4.15. The van der Waals surface area contributed by atoms with Gasteiger partial charge in [-0.1, -0.05) is 13.0 Å². The highest BCUT2D eigenvalue weighted by molar-refractivity contribution is 5.83. The van der Waals surface area contributed by atoms with Gasteiger partial charge in [0, 0.05) is 30.5 Å². The summed E-state index contributed by atoms with van der Waals surface area (Å²) in [5.41, 5.74) is 9.13. The zero-order chi connectivity index (χ0) is 18.4. The van der Waals surface area contributed by atoms with Crippen LogP contribution in [0.25, 0.3) is 10.9 Å². The van der Waals surface area contributed by atoms with Gasteiger partial charge >= 0.3 is 0 Å². The second-order valence-corrected chi connectivity index (χ2v) is 7.42. The van der Waals surface area contributed by atoms with Crippen molar-refractivity contribution in [1.29, 1.82) is 0 Å². The van der Waals surface area contributed by atoms with Gasteiger partial charge in [-0.05, 0) is 49.4 Å². The fourth-order valence-corrected chi connectivity index (χ4v) is 3.86. The molecule has 0 unspecified atom stereocenters. The van der Waals surface area contributed by atoms with E-state index in [1.54, 1.807) is 10.6 Å². The number of aryl methyl sites for hydroxylation is 2. The number of aromatic nitrogens is 4. The van der Waals surface area contributed by atoms with E-state index in [0.29, 0.717) is 12.5 Å². The van der Waals surface area contributed by atoms with Crippen LogP contribution in [-0.2, 0) is 20.0 Å². The molecule has 0 amide bonds. The SMILES string of the molecule is CCc1ccc2c(c1)c(C)cc(=O)n2Cc1nnc(C2CC(N)C2)n1C. The number of hydrogen-bond acceptors (Lipinski definition) is 4. The van der Waals surface area contributed by atoms with Gasteiger partial charge in [0.25, 0.3) is 5.56 Å². The van der Waals surface area contributed by atoms with Crippen LogP contribution in [0.3, 0.4) is 0 Å². The number of nitrogens with two attached hydrogens (primary N) is 1. The van der Waals surface area contributed by atoms with Crippen molar-refractivity contribution in [3.63, 3.8) is 0 Å². The number of rotatable bonds is 4. The molecular weight excluding hydrogens is 326 g/mol. The van der Waals surface area contributed by atoms with Crippen molar-refractivity contribution in [3.05, 3.63) is 57.4 Å². The molecule has 2 N–H and O–H groups in total. The summed E-state index contributed by atoms with van der Waals surface area (Å²) < 4.78 is 3.82. The molecule has 6 heteroatoms. The molecule has 136 valence electrons. The minimum Gasteiger partial charge on any atom is -0.328 e. The van der Waals surface area contributed by atoms with E-state index in [1.165, 1.54) is 5.56 Å². The van der Waals surface area contributed by atoms with Gasteiger partial charge in [0.2, 0.25) is 0 Å². The smallest absolute Gasteiger partial charge is 0.251 e. The third-order valence-electron chi connectivity index (χ3n) is 5.63. The van der Waals surface area contributed by atoms with Crippen LogP contribution in [0.1, 0.15) is 48.5 Å². The minimum absolute atomic E-state index is 0.00513. The molecule has 1 aromatic carbocycles. The molecule has 0 bridgehead atoms. The summed E-state index contributed by atoms with van der Waals surface area (Å²) in [7, 11) is 1.98. The van der Waals surface area contributed by atoms with Gasteiger partial charge < -0.3 is 14.9 Å². The maximum Gasteiger partial charge on any atom is 0.251 e. The third kappa shape index (κ3) is 2.74. The average Bonchev–Trinajstić information content (AvgIpc) is 2.95. The molecule has 6 nitrogen and oxygen atoms in total. The zero-order valence-corrected chi connectivity index (χ0v) is 15.6. The van der Waals surface area contributed by atoms with Gasteiger partial charge in [-0.25, -0.2) is 0 Å². The first-order chi connectivity index (χ1) is 12.5. The number of fused-ring (bicyclic) bond motifs is 1. The molecule has 0 spiro atoms. The van der Waals surface area contributed by atoms with Crippen LogP contribution in [0.15, 0.2) is 29.1 Å². The number of hydrogen-bond donors (Lipinski definition) is 1. The first kappa shape index (κ1) is 17.0. The lowest BCUT2D eigenvalue weighted by atomic mass is 9.80. The Morgan fingerprint density at radius 3 is 2.69 bits per heavy atom. The number of nitrogens with zero attached hydrogens (tertiary/aromatic N) is 4. The minimum atomic E-state index is -0.00513. The van der Waals surface area contributed by atoms with Gasteiger partial charge in [0.1, 0.15) is 5.82 Å². The largest absolute Gasteiger partial charge is 0.328 e. The fourth-order valence-electron chi connectivity index (χ4n) is 3.86. The standard InChI is InChI=1S/C20H25N5O/c1-4-13-5-6-17-16(8-13)12(2)7-19(26)25(17)11-18-22-23-20(24(18)3)14-9-15(21)10-14/h5-8,14-15H,4,9-11,21H2,1-3H3. The van der Waals surface area contributed by atoms with Crippen molar-refractivity contribution < 1.29 is 0 Å². The summed E-state index contributed by atoms with van der Waals surface area (Å²) in [5, 5.41) is 9.84. The maximum atomic E-state index is 12.7. The summed E-state index contributed by atoms with van der Waals surface area (Å²) >= 11 is 0. The predicted molar refractivity (Wildman–Crippen MR) is 102 cm³/mol. The van der Waals surface area contributed by atoms with Crippen molar-refractivity contribution >= 4 is 10.9 Å². The molecule has 1 aliphatic rings. The van der Waals surface area contributed by atoms with E-state index < -0.39 is 0 Å². The highest BCUT2D eigenvalue weighted by Gasteiger charge is 2.31. The van der Waals surface area contributed by atoms with Crippen molar-refractivity contribution in [2.75, 3.05) is 0 Å². The van der Waals surface area contributed by atoms with E-state index in [2.05, 4.69) is 29.3 Å². The van der Waals surface area contributed by atoms with E-state index in [4.69, 9.17) is 5.73 Å². The number of pyridine rings is 1. The Balaban J connectivity index is 1.75. The third-order valence-corrected chi connectivity index (χ3v) is 5.63. The van der Waals surface area contributed by atoms with Crippen LogP contribution in [0.5, 0.6) is 0 Å². The summed E-state index contributed by atoms with van der Waals surface area (Å²) in [6.07, 6.45) is 2.89. The van der Waals surface area contributed by atoms with Gasteiger partial charge in [0.15, 0.2) is 5.82 Å². The fraction of sp³-hybridized carbons (Fsp3) is 0.450. The van der Waals surface area contributed by atoms with Crippen molar-refractivity contribution in [3.8, 4) is 0 Å². The summed E-state index contributed by atoms with van der Waals surface area (Å²) in [4.78, 5) is 12.7. The summed E-state index contributed by atoms with van der Waals surface area (Å²) in [5.74, 6) is 2.15. The molecule has 0 aliphatic heterocycles. The van der Waals surface area contributed by atoms with E-state index in [-0.39, 0.29) is 11.6 Å². The van der Waals surface area contributed by atoms with E-state index in [1.807, 2.05) is 24.6 Å². The normalized spacial score (nSPS) is 19.7. The van der Waals surface area contributed by atoms with Gasteiger partial charge in [-0.15, -0.1) is 10.2 Å². The Morgan fingerprint density at radius 2 is 2.00 bits per heavy atom. The predicted octanol–water partition coefficient (Wildman–Crippen LogP) is 2.25. The van der Waals surface area contributed by atoms with Crippen LogP contribution in [-0.4, -0.2) is 25.4 Å². The second kappa shape index (κ2) is 6.36. The van der Waals surface area contributed by atoms with Gasteiger partial charge in [-0.2, -0.15) is 0 Å². The monoisotopic (exact) mass is 351 g/mol. The van der Waals surface area contributed by atoms with Crippen LogP contribution in [0.4, 0.5) is 0 Å². The van der Waals surface area contributed by atoms with Crippen molar-refractivity contribution in [1.82, 2.24) is 19.3 Å². The summed E-state index contributed by atoms with van der Waals surface area (Å²) in [6.45, 7) is 4.55. The number of benzene rings is 1. The topological polar surface area (TPSA) is 78.7 Å². The molecule has 1 fully saturated rings. The molecule has 0 saturated heterocycles. The highest BCUT2D eigenvalue weighted by atomic mass is 16.1. The average molecular weight is 351 g/mol. The molecule has 0 atom stereocenters. The molecule has 2 heterocycles. The molecule has 2 aromatic heterocycles. The van der Waals surface area contributed by atoms with E-state index in [0.717, 1.165) is 47.4 Å². The second-order valence-electron chi connectivity index (χ2n) is 7.42. The molecule has 4 rings (SSSR count). The first-order valence-electron chi connectivity index (χ1n) is 9.24. The zero-order valence-electron chi connectivity index (χ0n) is 15.6. The van der Waals surface area contributed by atoms with E-state index >= 15 is 0 Å². The van der Waals surface area contributed by atoms with Crippen molar-refractivity contribution in [2.45, 2.75) is 51.6 Å². The van der Waals surface area contributed by atoms with Crippen LogP contribution >= 0.6 is 0 Å². The highest BCUT2D eigenvalue weighted by Crippen LogP contribution is 2.34. The Bertz CT molecular complexity index is 1030. The lowest BCUT2D eigenvalue weighted by Gasteiger charge is -2.31. The molecular formula is C20H25N5O. The molecule has 0 radical (unpaired) electrons. The molecule has 26 heavy (non-hydrogen) atoms. The maximum absolute atomic E-state index is 12.7. The van der Waals surface area contributed by atoms with E-state index in [9.17, 15) is 4.79 Å². The molecule has 3 aromatic rings. The van der Waals surface area contributed by atoms with Gasteiger partial charge in [-0.3, -0.25) is 4.79 Å². The first-order valence-corrected chi connectivity index (χ1v) is 9.24. The van der Waals surface area contributed by atoms with Crippen LogP contribution in [0, 0.1) is 6.92 Å². The Hall–Kier alpha value is -2.47. The van der Waals surface area contributed by atoms with Crippen LogP contribution < -0.4 is 11.3 Å². The van der Waals surface area contributed by atoms with Crippen LogP contribution in [0.2, 0.25) is 0 Å². The lowest BCUT2D eigenvalue weighted by Crippen LogP contribution is -2.36. The molecule has 1 saturated carbocycles. The Labute approximate surface area is 152 Å². The van der Waals surface area contributed by atoms with Crippen molar-refractivity contribution in [2.24, 2.45) is 12.8 Å². The Morgan fingerprint density at radius 1 is 1.23 bits per heavy atom. The quantitative estimate of drug-likeness (QED) is 0.782. The lowest BCUT2D eigenvalue weighted by molar-refractivity contribution is 0.331. The van der Waals surface area contributed by atoms with Gasteiger partial charge in [0.05, 0.1) is 12.1 Å². The summed E-state index contributed by atoms with van der Waals surface area (Å²) in [6, 6.07) is 8.31.